The molecule has 1 aliphatic heterocycles. The van der Waals surface area contributed by atoms with Gasteiger partial charge in [0.2, 0.25) is 17.6 Å². The normalized spacial score (nSPS) is 15.0. The van der Waals surface area contributed by atoms with Gasteiger partial charge in [-0.3, -0.25) is 28.8 Å². The number of aliphatic carboxylic acids is 1. The highest BCUT2D eigenvalue weighted by Crippen LogP contribution is 2.38. The standard InChI is InChI=1S/C38H47F3N10O7/c1-21(2)26-14-27(30(53)15-29(26)52)33-47-48-34(36(56)43-19-38(39,40)41)51(33)25-7-5-23(6-8-25)17-49-9-11-50(12-10-49)18-31(54)45-28(13-24-16-42-20-44-24)35(55)46-32(22(3)4)37(57)58/h5-8,14-16,20-22,28,32,52-53H,9-13,17-19H2,1-4H3,(H,42,44)(H,43,56)(H,45,54)(H,46,55)(H,57,58)/t28-,32-/m0/s1. The third kappa shape index (κ3) is 11.1. The maximum absolute atomic E-state index is 13.1. The van der Waals surface area contributed by atoms with Crippen LogP contribution < -0.4 is 16.0 Å². The van der Waals surface area contributed by atoms with E-state index in [0.29, 0.717) is 49.7 Å². The second-order valence-corrected chi connectivity index (χ2v) is 14.7. The number of hydrogen-bond acceptors (Lipinski definition) is 11. The Kier molecular flexibility index (Phi) is 13.7. The van der Waals surface area contributed by atoms with Gasteiger partial charge in [0.15, 0.2) is 5.82 Å². The lowest BCUT2D eigenvalue weighted by Gasteiger charge is -2.34. The van der Waals surface area contributed by atoms with Gasteiger partial charge < -0.3 is 36.3 Å². The van der Waals surface area contributed by atoms with E-state index in [-0.39, 0.29) is 47.7 Å². The van der Waals surface area contributed by atoms with Crippen LogP contribution in [0.2, 0.25) is 0 Å². The largest absolute Gasteiger partial charge is 0.508 e. The zero-order valence-corrected chi connectivity index (χ0v) is 32.4. The SMILES string of the molecule is CC(C)c1cc(-c2nnc(C(=O)NCC(F)(F)F)n2-c2ccc(CN3CCN(CC(=O)N[C@@H](Cc4c[nH]cn4)C(=O)N[C@H](C(=O)O)C(C)C)CC3)cc2)c(O)cc1O. The molecular formula is C38H47F3N10O7. The number of phenolic OH excluding ortho intramolecular Hbond substituents is 2. The summed E-state index contributed by atoms with van der Waals surface area (Å²) >= 11 is 0. The average Bonchev–Trinajstić information content (AvgIpc) is 3.84. The predicted molar refractivity (Wildman–Crippen MR) is 203 cm³/mol. The Morgan fingerprint density at radius 1 is 0.914 bits per heavy atom. The van der Waals surface area contributed by atoms with Crippen LogP contribution in [-0.4, -0.2) is 131 Å². The molecule has 58 heavy (non-hydrogen) atoms. The number of rotatable bonds is 16. The summed E-state index contributed by atoms with van der Waals surface area (Å²) < 4.78 is 40.2. The first-order valence-corrected chi connectivity index (χ1v) is 18.6. The number of benzene rings is 2. The van der Waals surface area contributed by atoms with Crippen molar-refractivity contribution in [1.29, 1.82) is 0 Å². The third-order valence-electron chi connectivity index (χ3n) is 9.61. The number of halogens is 3. The highest BCUT2D eigenvalue weighted by atomic mass is 19.4. The number of aromatic amines is 1. The maximum Gasteiger partial charge on any atom is 0.405 e. The van der Waals surface area contributed by atoms with Crippen molar-refractivity contribution in [3.8, 4) is 28.6 Å². The number of nitrogens with zero attached hydrogens (tertiary/aromatic N) is 6. The Balaban J connectivity index is 1.24. The van der Waals surface area contributed by atoms with E-state index >= 15 is 0 Å². The van der Waals surface area contributed by atoms with Crippen LogP contribution in [0.4, 0.5) is 13.2 Å². The molecule has 2 aromatic carbocycles. The Hall–Kier alpha value is -6.02. The van der Waals surface area contributed by atoms with Crippen LogP contribution in [0.1, 0.15) is 61.1 Å². The number of amides is 3. The van der Waals surface area contributed by atoms with E-state index in [1.807, 2.05) is 24.1 Å². The first kappa shape index (κ1) is 43.1. The van der Waals surface area contributed by atoms with E-state index in [2.05, 4.69) is 35.7 Å². The monoisotopic (exact) mass is 812 g/mol. The van der Waals surface area contributed by atoms with Gasteiger partial charge in [-0.15, -0.1) is 10.2 Å². The molecule has 0 saturated carbocycles. The van der Waals surface area contributed by atoms with E-state index < -0.39 is 54.3 Å². The number of carboxylic acids is 1. The van der Waals surface area contributed by atoms with Crippen LogP contribution in [0.5, 0.6) is 11.5 Å². The molecule has 2 atom stereocenters. The molecule has 1 saturated heterocycles. The summed E-state index contributed by atoms with van der Waals surface area (Å²) in [4.78, 5) is 62.0. The van der Waals surface area contributed by atoms with Crippen molar-refractivity contribution in [1.82, 2.24) is 50.5 Å². The molecule has 2 aromatic heterocycles. The molecule has 17 nitrogen and oxygen atoms in total. The summed E-state index contributed by atoms with van der Waals surface area (Å²) in [6.07, 6.45) is -1.58. The zero-order valence-electron chi connectivity index (χ0n) is 32.4. The van der Waals surface area contributed by atoms with Crippen molar-refractivity contribution in [3.63, 3.8) is 0 Å². The Morgan fingerprint density at radius 3 is 2.17 bits per heavy atom. The number of H-pyrrole nitrogens is 1. The van der Waals surface area contributed by atoms with Crippen LogP contribution >= 0.6 is 0 Å². The van der Waals surface area contributed by atoms with Crippen molar-refractivity contribution in [2.45, 2.75) is 64.8 Å². The number of hydrogen-bond donors (Lipinski definition) is 7. The second kappa shape index (κ2) is 18.5. The van der Waals surface area contributed by atoms with Gasteiger partial charge in [0.25, 0.3) is 5.91 Å². The minimum absolute atomic E-state index is 0.00876. The van der Waals surface area contributed by atoms with E-state index in [4.69, 9.17) is 0 Å². The fraction of sp³-hybridized carbons (Fsp3) is 0.447. The molecule has 3 heterocycles. The molecule has 3 amide bonds. The molecular weight excluding hydrogens is 765 g/mol. The Morgan fingerprint density at radius 2 is 1.59 bits per heavy atom. The minimum Gasteiger partial charge on any atom is -0.508 e. The van der Waals surface area contributed by atoms with Gasteiger partial charge in [0.1, 0.15) is 30.1 Å². The summed E-state index contributed by atoms with van der Waals surface area (Å²) in [5.41, 5.74) is 2.29. The number of nitrogens with one attached hydrogen (secondary N) is 4. The molecule has 20 heteroatoms. The topological polar surface area (TPSA) is 231 Å². The zero-order chi connectivity index (χ0) is 42.3. The molecule has 0 radical (unpaired) electrons. The lowest BCUT2D eigenvalue weighted by molar-refractivity contribution is -0.143. The fourth-order valence-corrected chi connectivity index (χ4v) is 6.49. The van der Waals surface area contributed by atoms with E-state index in [1.54, 1.807) is 44.3 Å². The van der Waals surface area contributed by atoms with Gasteiger partial charge >= 0.3 is 12.1 Å². The molecule has 7 N–H and O–H groups in total. The summed E-state index contributed by atoms with van der Waals surface area (Å²) in [5.74, 6) is -4.92. The molecule has 0 aliphatic carbocycles. The van der Waals surface area contributed by atoms with Crippen LogP contribution in [0.25, 0.3) is 17.1 Å². The van der Waals surface area contributed by atoms with Crippen molar-refractivity contribution >= 4 is 23.7 Å². The van der Waals surface area contributed by atoms with Crippen LogP contribution in [0.3, 0.4) is 0 Å². The van der Waals surface area contributed by atoms with Crippen LogP contribution in [-0.2, 0) is 27.3 Å². The molecule has 0 bridgehead atoms. The number of imidazole rings is 1. The summed E-state index contributed by atoms with van der Waals surface area (Å²) in [6.45, 7) is 8.17. The van der Waals surface area contributed by atoms with Gasteiger partial charge in [-0.2, -0.15) is 13.2 Å². The highest BCUT2D eigenvalue weighted by Gasteiger charge is 2.32. The lowest BCUT2D eigenvalue weighted by Crippen LogP contribution is -2.56. The minimum atomic E-state index is -4.67. The fourth-order valence-electron chi connectivity index (χ4n) is 6.49. The van der Waals surface area contributed by atoms with Gasteiger partial charge in [0, 0.05) is 57.1 Å². The first-order chi connectivity index (χ1) is 27.4. The van der Waals surface area contributed by atoms with Gasteiger partial charge in [-0.05, 0) is 41.2 Å². The number of carboxylic acid groups (broad SMARTS) is 1. The van der Waals surface area contributed by atoms with Crippen molar-refractivity contribution < 1.29 is 47.7 Å². The molecule has 0 unspecified atom stereocenters. The third-order valence-corrected chi connectivity index (χ3v) is 9.61. The molecule has 312 valence electrons. The molecule has 5 rings (SSSR count). The van der Waals surface area contributed by atoms with Crippen LogP contribution in [0.15, 0.2) is 48.9 Å². The summed E-state index contributed by atoms with van der Waals surface area (Å²) in [5, 5.41) is 45.8. The maximum atomic E-state index is 13.1. The quantitative estimate of drug-likeness (QED) is 0.0866. The summed E-state index contributed by atoms with van der Waals surface area (Å²) in [6, 6.07) is 7.31. The number of piperazine rings is 1. The van der Waals surface area contributed by atoms with Crippen LogP contribution in [0, 0.1) is 5.92 Å². The molecule has 1 aliphatic rings. The number of aromatic nitrogens is 5. The van der Waals surface area contributed by atoms with Crippen molar-refractivity contribution in [2.24, 2.45) is 5.92 Å². The second-order valence-electron chi connectivity index (χ2n) is 14.7. The predicted octanol–water partition coefficient (Wildman–Crippen LogP) is 2.55. The number of carbonyl (C=O) groups excluding carboxylic acids is 3. The molecule has 1 fully saturated rings. The smallest absolute Gasteiger partial charge is 0.405 e. The van der Waals surface area contributed by atoms with Gasteiger partial charge in [-0.1, -0.05) is 39.8 Å². The van der Waals surface area contributed by atoms with Gasteiger partial charge in [0.05, 0.1) is 24.1 Å². The highest BCUT2D eigenvalue weighted by molar-refractivity contribution is 5.92. The lowest BCUT2D eigenvalue weighted by atomic mass is 9.98. The van der Waals surface area contributed by atoms with Crippen molar-refractivity contribution in [2.75, 3.05) is 39.3 Å². The Bertz CT molecular complexity index is 2060. The number of carbonyl (C=O) groups is 4. The van der Waals surface area contributed by atoms with E-state index in [0.717, 1.165) is 11.6 Å². The first-order valence-electron chi connectivity index (χ1n) is 18.6. The number of aromatic hydroxyl groups is 2. The van der Waals surface area contributed by atoms with Gasteiger partial charge in [-0.25, -0.2) is 9.78 Å². The van der Waals surface area contributed by atoms with Crippen molar-refractivity contribution in [3.05, 3.63) is 71.6 Å². The summed E-state index contributed by atoms with van der Waals surface area (Å²) in [7, 11) is 0. The van der Waals surface area contributed by atoms with E-state index in [9.17, 15) is 47.7 Å². The Labute approximate surface area is 331 Å². The molecule has 4 aromatic rings. The van der Waals surface area contributed by atoms with E-state index in [1.165, 1.54) is 17.0 Å². The number of phenols is 2. The molecule has 0 spiro atoms. The number of alkyl halides is 3. The average molecular weight is 813 g/mol.